The van der Waals surface area contributed by atoms with E-state index >= 15 is 0 Å². The minimum Gasteiger partial charge on any atom is -0.338 e. The molecule has 0 atom stereocenters. The lowest BCUT2D eigenvalue weighted by molar-refractivity contribution is 1.19. The van der Waals surface area contributed by atoms with Crippen LogP contribution >= 0.6 is 23.1 Å². The lowest BCUT2D eigenvalue weighted by Gasteiger charge is -2.07. The summed E-state index contributed by atoms with van der Waals surface area (Å²) in [5, 5.41) is 4.80. The molecule has 0 amide bonds. The summed E-state index contributed by atoms with van der Waals surface area (Å²) in [5.74, 6) is 0.631. The second-order valence-electron chi connectivity index (χ2n) is 4.43. The van der Waals surface area contributed by atoms with E-state index in [0.717, 1.165) is 21.3 Å². The lowest BCUT2D eigenvalue weighted by Crippen LogP contribution is -1.97. The highest BCUT2D eigenvalue weighted by atomic mass is 35.5. The van der Waals surface area contributed by atoms with E-state index in [-0.39, 0.29) is 0 Å². The Labute approximate surface area is 128 Å². The zero-order valence-corrected chi connectivity index (χ0v) is 12.2. The number of rotatable bonds is 2. The van der Waals surface area contributed by atoms with Gasteiger partial charge in [-0.3, -0.25) is 0 Å². The topological polar surface area (TPSA) is 63.6 Å². The van der Waals surface area contributed by atoms with Gasteiger partial charge in [-0.2, -0.15) is 4.37 Å². The molecule has 0 unspecified atom stereocenters. The molecular weight excluding hydrogens is 306 g/mol. The molecular formula is C14H8ClN5S. The molecule has 0 saturated carbocycles. The SMILES string of the molecule is Clc1ccc2ncnc(Nc3ccc4cnsc4c3)c2n1. The van der Waals surface area contributed by atoms with Gasteiger partial charge in [-0.25, -0.2) is 15.0 Å². The molecule has 4 rings (SSSR count). The number of aromatic nitrogens is 4. The Kier molecular flexibility index (Phi) is 2.90. The molecule has 0 radical (unpaired) electrons. The fourth-order valence-electron chi connectivity index (χ4n) is 2.08. The summed E-state index contributed by atoms with van der Waals surface area (Å²) in [7, 11) is 0. The van der Waals surface area contributed by atoms with Crippen LogP contribution in [0, 0.1) is 0 Å². The predicted molar refractivity (Wildman–Crippen MR) is 85.2 cm³/mol. The summed E-state index contributed by atoms with van der Waals surface area (Å²) in [5.41, 5.74) is 2.32. The third-order valence-electron chi connectivity index (χ3n) is 3.07. The molecule has 21 heavy (non-hydrogen) atoms. The molecule has 7 heteroatoms. The molecule has 0 aliphatic rings. The maximum absolute atomic E-state index is 5.96. The van der Waals surface area contributed by atoms with Crippen LogP contribution in [-0.4, -0.2) is 19.3 Å². The van der Waals surface area contributed by atoms with E-state index in [1.54, 1.807) is 6.07 Å². The van der Waals surface area contributed by atoms with Crippen LogP contribution in [0.4, 0.5) is 11.5 Å². The Morgan fingerprint density at radius 2 is 2.05 bits per heavy atom. The lowest BCUT2D eigenvalue weighted by atomic mass is 10.2. The second kappa shape index (κ2) is 4.91. The van der Waals surface area contributed by atoms with Crippen LogP contribution in [0.1, 0.15) is 0 Å². The number of fused-ring (bicyclic) bond motifs is 2. The van der Waals surface area contributed by atoms with Crippen LogP contribution in [0.2, 0.25) is 5.15 Å². The van der Waals surface area contributed by atoms with E-state index < -0.39 is 0 Å². The van der Waals surface area contributed by atoms with Crippen LogP contribution < -0.4 is 5.32 Å². The first kappa shape index (κ1) is 12.4. The van der Waals surface area contributed by atoms with E-state index in [2.05, 4.69) is 24.6 Å². The first-order chi connectivity index (χ1) is 10.3. The van der Waals surface area contributed by atoms with Gasteiger partial charge in [0.2, 0.25) is 0 Å². The van der Waals surface area contributed by atoms with Crippen molar-refractivity contribution in [2.24, 2.45) is 0 Å². The fraction of sp³-hybridized carbons (Fsp3) is 0. The van der Waals surface area contributed by atoms with Crippen molar-refractivity contribution in [2.75, 3.05) is 5.32 Å². The molecule has 0 bridgehead atoms. The number of hydrogen-bond donors (Lipinski definition) is 1. The zero-order chi connectivity index (χ0) is 14.2. The maximum atomic E-state index is 5.96. The summed E-state index contributed by atoms with van der Waals surface area (Å²) >= 11 is 7.41. The van der Waals surface area contributed by atoms with E-state index in [4.69, 9.17) is 11.6 Å². The molecule has 0 aliphatic heterocycles. The maximum Gasteiger partial charge on any atom is 0.160 e. The quantitative estimate of drug-likeness (QED) is 0.566. The first-order valence-electron chi connectivity index (χ1n) is 6.18. The minimum atomic E-state index is 0.415. The number of halogens is 1. The molecule has 3 heterocycles. The van der Waals surface area contributed by atoms with Crippen molar-refractivity contribution in [1.82, 2.24) is 19.3 Å². The zero-order valence-electron chi connectivity index (χ0n) is 10.6. The summed E-state index contributed by atoms with van der Waals surface area (Å²) < 4.78 is 5.28. The van der Waals surface area contributed by atoms with Crippen molar-refractivity contribution in [3.8, 4) is 0 Å². The normalized spacial score (nSPS) is 11.1. The highest BCUT2D eigenvalue weighted by molar-refractivity contribution is 7.13. The summed E-state index contributed by atoms with van der Waals surface area (Å²) in [6, 6.07) is 9.57. The monoisotopic (exact) mass is 313 g/mol. The van der Waals surface area contributed by atoms with Crippen molar-refractivity contribution in [1.29, 1.82) is 0 Å². The van der Waals surface area contributed by atoms with Crippen molar-refractivity contribution >= 4 is 55.8 Å². The Morgan fingerprint density at radius 3 is 3.00 bits per heavy atom. The predicted octanol–water partition coefficient (Wildman–Crippen LogP) is 4.03. The van der Waals surface area contributed by atoms with Crippen molar-refractivity contribution in [2.45, 2.75) is 0 Å². The first-order valence-corrected chi connectivity index (χ1v) is 7.33. The molecule has 1 aromatic carbocycles. The van der Waals surface area contributed by atoms with Crippen molar-refractivity contribution in [3.63, 3.8) is 0 Å². The van der Waals surface area contributed by atoms with E-state index in [1.165, 1.54) is 17.9 Å². The average molecular weight is 314 g/mol. The van der Waals surface area contributed by atoms with Crippen LogP contribution in [0.3, 0.4) is 0 Å². The highest BCUT2D eigenvalue weighted by Gasteiger charge is 2.07. The van der Waals surface area contributed by atoms with Gasteiger partial charge >= 0.3 is 0 Å². The molecule has 0 fully saturated rings. The van der Waals surface area contributed by atoms with Gasteiger partial charge in [-0.1, -0.05) is 11.6 Å². The molecule has 1 N–H and O–H groups in total. The van der Waals surface area contributed by atoms with Crippen LogP contribution in [-0.2, 0) is 0 Å². The minimum absolute atomic E-state index is 0.415. The Hall–Kier alpha value is -2.31. The van der Waals surface area contributed by atoms with Gasteiger partial charge in [0.25, 0.3) is 0 Å². The molecule has 4 aromatic rings. The number of nitrogens with zero attached hydrogens (tertiary/aromatic N) is 4. The standard InChI is InChI=1S/C14H8ClN5S/c15-12-4-3-10-13(20-12)14(17-7-16-10)19-9-2-1-8-6-18-21-11(8)5-9/h1-7H,(H,16,17,19). The number of pyridine rings is 1. The largest absolute Gasteiger partial charge is 0.338 e. The van der Waals surface area contributed by atoms with Gasteiger partial charge in [0, 0.05) is 17.3 Å². The Balaban J connectivity index is 1.81. The van der Waals surface area contributed by atoms with E-state index in [9.17, 15) is 0 Å². The third kappa shape index (κ3) is 2.28. The van der Waals surface area contributed by atoms with Gasteiger partial charge in [0.15, 0.2) is 5.82 Å². The summed E-state index contributed by atoms with van der Waals surface area (Å²) in [6.07, 6.45) is 3.36. The molecule has 3 aromatic heterocycles. The molecule has 0 aliphatic carbocycles. The van der Waals surface area contributed by atoms with Crippen molar-refractivity contribution in [3.05, 3.63) is 48.0 Å². The van der Waals surface area contributed by atoms with Gasteiger partial charge in [0.05, 0.1) is 10.2 Å². The van der Waals surface area contributed by atoms with Gasteiger partial charge in [-0.15, -0.1) is 0 Å². The van der Waals surface area contributed by atoms with E-state index in [1.807, 2.05) is 30.5 Å². The smallest absolute Gasteiger partial charge is 0.160 e. The second-order valence-corrected chi connectivity index (χ2v) is 5.65. The van der Waals surface area contributed by atoms with Gasteiger partial charge < -0.3 is 5.32 Å². The molecule has 5 nitrogen and oxygen atoms in total. The van der Waals surface area contributed by atoms with Crippen LogP contribution in [0.5, 0.6) is 0 Å². The molecule has 102 valence electrons. The van der Waals surface area contributed by atoms with Crippen molar-refractivity contribution < 1.29 is 0 Å². The number of hydrogen-bond acceptors (Lipinski definition) is 6. The number of anilines is 2. The van der Waals surface area contributed by atoms with E-state index in [0.29, 0.717) is 16.5 Å². The van der Waals surface area contributed by atoms with Gasteiger partial charge in [0.1, 0.15) is 17.0 Å². The summed E-state index contributed by atoms with van der Waals surface area (Å²) in [6.45, 7) is 0. The average Bonchev–Trinajstić information content (AvgIpc) is 2.95. The highest BCUT2D eigenvalue weighted by Crippen LogP contribution is 2.26. The number of nitrogens with one attached hydrogen (secondary N) is 1. The van der Waals surface area contributed by atoms with Gasteiger partial charge in [-0.05, 0) is 41.9 Å². The number of benzene rings is 1. The molecule has 0 spiro atoms. The fourth-order valence-corrected chi connectivity index (χ4v) is 2.92. The Bertz CT molecular complexity index is 952. The van der Waals surface area contributed by atoms with Crippen LogP contribution in [0.25, 0.3) is 21.1 Å². The summed E-state index contributed by atoms with van der Waals surface area (Å²) in [4.78, 5) is 12.7. The third-order valence-corrected chi connectivity index (χ3v) is 4.04. The van der Waals surface area contributed by atoms with Crippen LogP contribution in [0.15, 0.2) is 42.9 Å². The Morgan fingerprint density at radius 1 is 1.10 bits per heavy atom. The molecule has 0 saturated heterocycles.